The lowest BCUT2D eigenvalue weighted by Crippen LogP contribution is -2.04. The van der Waals surface area contributed by atoms with E-state index in [1.54, 1.807) is 6.07 Å². The van der Waals surface area contributed by atoms with Gasteiger partial charge in [0.05, 0.1) is 15.5 Å². The predicted molar refractivity (Wildman–Crippen MR) is 72.3 cm³/mol. The van der Waals surface area contributed by atoms with Crippen LogP contribution in [0.3, 0.4) is 0 Å². The molecule has 0 radical (unpaired) electrons. The number of nitrogens with two attached hydrogens (primary N) is 1. The van der Waals surface area contributed by atoms with Gasteiger partial charge in [0.2, 0.25) is 0 Å². The smallest absolute Gasteiger partial charge is 0.375 e. The highest BCUT2D eigenvalue weighted by Crippen LogP contribution is 2.34. The number of aryl methyl sites for hydroxylation is 1. The maximum atomic E-state index is 12.6. The largest absolute Gasteiger partial charge is 0.416 e. The minimum absolute atomic E-state index is 0.465. The van der Waals surface area contributed by atoms with Gasteiger partial charge in [-0.1, -0.05) is 29.5 Å². The third-order valence-electron chi connectivity index (χ3n) is 2.39. The summed E-state index contributed by atoms with van der Waals surface area (Å²) in [5.74, 6) is 0.465. The fourth-order valence-electron chi connectivity index (χ4n) is 1.52. The normalized spacial score (nSPS) is 11.8. The minimum atomic E-state index is -4.30. The molecular weight excluding hydrogens is 293 g/mol. The van der Waals surface area contributed by atoms with Gasteiger partial charge < -0.3 is 5.73 Å². The molecule has 0 aliphatic heterocycles. The van der Waals surface area contributed by atoms with Gasteiger partial charge in [-0.25, -0.2) is 4.98 Å². The van der Waals surface area contributed by atoms with Crippen LogP contribution >= 0.6 is 23.1 Å². The van der Waals surface area contributed by atoms with E-state index in [1.165, 1.54) is 35.2 Å². The topological polar surface area (TPSA) is 38.9 Å². The molecule has 1 aromatic carbocycles. The zero-order chi connectivity index (χ0) is 14.0. The average Bonchev–Trinajstić information content (AvgIpc) is 2.64. The molecule has 7 heteroatoms. The van der Waals surface area contributed by atoms with E-state index in [0.29, 0.717) is 16.4 Å². The number of hydrogen-bond acceptors (Lipinski definition) is 4. The second-order valence-corrected chi connectivity index (χ2v) is 6.19. The summed E-state index contributed by atoms with van der Waals surface area (Å²) < 4.78 is 38.6. The molecule has 0 unspecified atom stereocenters. The van der Waals surface area contributed by atoms with Crippen LogP contribution in [0.1, 0.15) is 16.8 Å². The van der Waals surface area contributed by atoms with Gasteiger partial charge in [-0.2, -0.15) is 13.2 Å². The van der Waals surface area contributed by atoms with Gasteiger partial charge >= 0.3 is 6.18 Å². The van der Waals surface area contributed by atoms with Gasteiger partial charge in [0.25, 0.3) is 0 Å². The molecule has 0 spiro atoms. The van der Waals surface area contributed by atoms with Crippen LogP contribution in [0.5, 0.6) is 0 Å². The molecule has 102 valence electrons. The number of nitrogen functional groups attached to an aromatic ring is 1. The summed E-state index contributed by atoms with van der Waals surface area (Å²) in [7, 11) is 0. The Kier molecular flexibility index (Phi) is 4.05. The van der Waals surface area contributed by atoms with Crippen LogP contribution in [0.4, 0.5) is 18.3 Å². The van der Waals surface area contributed by atoms with Crippen molar-refractivity contribution in [1.82, 2.24) is 4.98 Å². The third-order valence-corrected chi connectivity index (χ3v) is 4.81. The van der Waals surface area contributed by atoms with Gasteiger partial charge in [0, 0.05) is 5.75 Å². The van der Waals surface area contributed by atoms with Crippen LogP contribution in [-0.4, -0.2) is 4.98 Å². The lowest BCUT2D eigenvalue weighted by atomic mass is 10.1. The maximum absolute atomic E-state index is 12.6. The number of halogens is 3. The number of rotatable bonds is 3. The fourth-order valence-corrected chi connectivity index (χ4v) is 3.49. The lowest BCUT2D eigenvalue weighted by Gasteiger charge is -2.08. The Labute approximate surface area is 116 Å². The Morgan fingerprint density at radius 2 is 2.11 bits per heavy atom. The first-order valence-electron chi connectivity index (χ1n) is 5.38. The molecule has 2 aromatic rings. The third kappa shape index (κ3) is 3.63. The van der Waals surface area contributed by atoms with Crippen molar-refractivity contribution in [3.05, 3.63) is 41.1 Å². The molecule has 0 amide bonds. The van der Waals surface area contributed by atoms with Crippen LogP contribution in [0.15, 0.2) is 28.5 Å². The molecule has 2 rings (SSSR count). The van der Waals surface area contributed by atoms with E-state index in [2.05, 4.69) is 4.98 Å². The number of alkyl halides is 3. The number of aromatic nitrogens is 1. The van der Waals surface area contributed by atoms with Crippen molar-refractivity contribution in [1.29, 1.82) is 0 Å². The zero-order valence-corrected chi connectivity index (χ0v) is 11.6. The van der Waals surface area contributed by atoms with Crippen molar-refractivity contribution < 1.29 is 13.2 Å². The molecular formula is C12H11F3N2S2. The first-order valence-corrected chi connectivity index (χ1v) is 7.18. The van der Waals surface area contributed by atoms with Crippen molar-refractivity contribution in [3.63, 3.8) is 0 Å². The number of hydrogen-bond donors (Lipinski definition) is 1. The average molecular weight is 304 g/mol. The molecule has 1 aromatic heterocycles. The highest BCUT2D eigenvalue weighted by atomic mass is 32.2. The summed E-state index contributed by atoms with van der Waals surface area (Å²) in [6.07, 6.45) is -4.30. The molecule has 0 aliphatic rings. The van der Waals surface area contributed by atoms with Crippen LogP contribution in [-0.2, 0) is 11.9 Å². The highest BCUT2D eigenvalue weighted by molar-refractivity contribution is 8.00. The molecule has 0 aliphatic carbocycles. The highest BCUT2D eigenvalue weighted by Gasteiger charge is 2.30. The zero-order valence-electron chi connectivity index (χ0n) is 9.99. The monoisotopic (exact) mass is 304 g/mol. The van der Waals surface area contributed by atoms with E-state index < -0.39 is 11.7 Å². The van der Waals surface area contributed by atoms with Gasteiger partial charge in [0.1, 0.15) is 0 Å². The fraction of sp³-hybridized carbons (Fsp3) is 0.250. The Balaban J connectivity index is 2.10. The standard InChI is InChI=1S/C12H11F3N2S2/c1-7-10(19-11(16)17-7)18-6-8-3-2-4-9(5-8)12(13,14)15/h2-5H,6H2,1H3,(H2,16,17). The van der Waals surface area contributed by atoms with Gasteiger partial charge in [-0.3, -0.25) is 0 Å². The van der Waals surface area contributed by atoms with E-state index in [4.69, 9.17) is 5.73 Å². The van der Waals surface area contributed by atoms with E-state index in [-0.39, 0.29) is 0 Å². The number of anilines is 1. The minimum Gasteiger partial charge on any atom is -0.375 e. The molecule has 1 heterocycles. The first-order chi connectivity index (χ1) is 8.86. The van der Waals surface area contributed by atoms with E-state index in [1.807, 2.05) is 6.92 Å². The second-order valence-electron chi connectivity index (χ2n) is 3.91. The van der Waals surface area contributed by atoms with Crippen LogP contribution in [0.2, 0.25) is 0 Å². The lowest BCUT2D eigenvalue weighted by molar-refractivity contribution is -0.137. The van der Waals surface area contributed by atoms with Crippen molar-refractivity contribution in [2.24, 2.45) is 0 Å². The molecule has 0 saturated heterocycles. The van der Waals surface area contributed by atoms with Crippen molar-refractivity contribution >= 4 is 28.2 Å². The first kappa shape index (κ1) is 14.2. The summed E-state index contributed by atoms with van der Waals surface area (Å²) in [6.45, 7) is 1.83. The molecule has 0 bridgehead atoms. The van der Waals surface area contributed by atoms with Gasteiger partial charge in [-0.05, 0) is 18.6 Å². The molecule has 0 fully saturated rings. The summed E-state index contributed by atoms with van der Waals surface area (Å²) in [5.41, 5.74) is 6.41. The number of thiazole rings is 1. The van der Waals surface area contributed by atoms with Crippen molar-refractivity contribution in [3.8, 4) is 0 Å². The van der Waals surface area contributed by atoms with E-state index in [0.717, 1.165) is 16.0 Å². The van der Waals surface area contributed by atoms with Gasteiger partial charge in [0.15, 0.2) is 5.13 Å². The Morgan fingerprint density at radius 1 is 1.37 bits per heavy atom. The summed E-state index contributed by atoms with van der Waals surface area (Å²) in [4.78, 5) is 4.08. The number of benzene rings is 1. The maximum Gasteiger partial charge on any atom is 0.416 e. The Morgan fingerprint density at radius 3 is 2.68 bits per heavy atom. The molecule has 0 saturated carbocycles. The van der Waals surface area contributed by atoms with E-state index >= 15 is 0 Å². The second kappa shape index (κ2) is 5.42. The Bertz CT molecular complexity index is 579. The molecule has 2 nitrogen and oxygen atoms in total. The molecule has 19 heavy (non-hydrogen) atoms. The van der Waals surface area contributed by atoms with Crippen LogP contribution in [0, 0.1) is 6.92 Å². The summed E-state index contributed by atoms with van der Waals surface area (Å²) in [6, 6.07) is 5.35. The number of thioether (sulfide) groups is 1. The van der Waals surface area contributed by atoms with Crippen LogP contribution in [0.25, 0.3) is 0 Å². The van der Waals surface area contributed by atoms with Crippen molar-refractivity contribution in [2.75, 3.05) is 5.73 Å². The summed E-state index contributed by atoms with van der Waals surface area (Å²) in [5, 5.41) is 0.476. The molecule has 2 N–H and O–H groups in total. The molecule has 0 atom stereocenters. The van der Waals surface area contributed by atoms with Crippen LogP contribution < -0.4 is 5.73 Å². The quantitative estimate of drug-likeness (QED) is 0.857. The predicted octanol–water partition coefficient (Wildman–Crippen LogP) is 4.34. The number of nitrogens with zero attached hydrogens (tertiary/aromatic N) is 1. The van der Waals surface area contributed by atoms with E-state index in [9.17, 15) is 13.2 Å². The Hall–Kier alpha value is -1.21. The van der Waals surface area contributed by atoms with Gasteiger partial charge in [-0.15, -0.1) is 11.8 Å². The summed E-state index contributed by atoms with van der Waals surface area (Å²) >= 11 is 2.80. The SMILES string of the molecule is Cc1nc(N)sc1SCc1cccc(C(F)(F)F)c1. The van der Waals surface area contributed by atoms with Crippen molar-refractivity contribution in [2.45, 2.75) is 23.1 Å².